The van der Waals surface area contributed by atoms with Gasteiger partial charge < -0.3 is 9.64 Å². The third-order valence-corrected chi connectivity index (χ3v) is 4.41. The van der Waals surface area contributed by atoms with Gasteiger partial charge in [-0.05, 0) is 24.3 Å². The van der Waals surface area contributed by atoms with Gasteiger partial charge in [0.1, 0.15) is 24.1 Å². The summed E-state index contributed by atoms with van der Waals surface area (Å²) in [6.45, 7) is 5.35. The largest absolute Gasteiger partial charge is 0.491 e. The zero-order valence-corrected chi connectivity index (χ0v) is 14.1. The van der Waals surface area contributed by atoms with Gasteiger partial charge in [0.05, 0.1) is 16.9 Å². The van der Waals surface area contributed by atoms with E-state index >= 15 is 0 Å². The summed E-state index contributed by atoms with van der Waals surface area (Å²) < 4.78 is 5.75. The number of piperazine rings is 1. The Morgan fingerprint density at radius 3 is 2.58 bits per heavy atom. The number of ether oxygens (including phenoxy) is 1. The minimum Gasteiger partial charge on any atom is -0.491 e. The van der Waals surface area contributed by atoms with Crippen molar-refractivity contribution in [3.63, 3.8) is 0 Å². The van der Waals surface area contributed by atoms with E-state index in [1.165, 1.54) is 0 Å². The highest BCUT2D eigenvalue weighted by molar-refractivity contribution is 6.32. The second-order valence-electron chi connectivity index (χ2n) is 5.62. The van der Waals surface area contributed by atoms with Crippen molar-refractivity contribution >= 4 is 17.3 Å². The van der Waals surface area contributed by atoms with E-state index < -0.39 is 0 Å². The first-order valence-corrected chi connectivity index (χ1v) is 8.35. The molecule has 0 atom stereocenters. The number of hydrogen-bond acceptors (Lipinski definition) is 5. The van der Waals surface area contributed by atoms with E-state index in [-0.39, 0.29) is 0 Å². The second-order valence-corrected chi connectivity index (χ2v) is 6.03. The molecule has 1 aliphatic rings. The van der Waals surface area contributed by atoms with E-state index in [1.807, 2.05) is 36.4 Å². The van der Waals surface area contributed by atoms with Gasteiger partial charge in [0.25, 0.3) is 0 Å². The van der Waals surface area contributed by atoms with Gasteiger partial charge in [-0.3, -0.25) is 4.90 Å². The number of hydrogen-bond donors (Lipinski definition) is 0. The molecule has 1 aromatic carbocycles. The highest BCUT2D eigenvalue weighted by atomic mass is 35.5. The van der Waals surface area contributed by atoms with Crippen LogP contribution in [0.15, 0.2) is 42.6 Å². The molecule has 0 radical (unpaired) electrons. The summed E-state index contributed by atoms with van der Waals surface area (Å²) in [5.74, 6) is 0.737. The maximum Gasteiger partial charge on any atom is 0.140 e. The van der Waals surface area contributed by atoms with E-state index in [0.717, 1.165) is 44.2 Å². The van der Waals surface area contributed by atoms with Gasteiger partial charge in [-0.25, -0.2) is 4.98 Å². The summed E-state index contributed by atoms with van der Waals surface area (Å²) in [4.78, 5) is 8.80. The van der Waals surface area contributed by atoms with Gasteiger partial charge in [0.2, 0.25) is 0 Å². The predicted octanol–water partition coefficient (Wildman–Crippen LogP) is 2.81. The highest BCUT2D eigenvalue weighted by Crippen LogP contribution is 2.23. The fraction of sp³-hybridized carbons (Fsp3) is 0.333. The molecule has 2 aromatic rings. The molecular formula is C18H19ClN4O. The smallest absolute Gasteiger partial charge is 0.140 e. The number of para-hydroxylation sites is 1. The van der Waals surface area contributed by atoms with Crippen LogP contribution in [0.3, 0.4) is 0 Å². The number of benzene rings is 1. The molecule has 1 saturated heterocycles. The van der Waals surface area contributed by atoms with Crippen LogP contribution in [0.2, 0.25) is 5.02 Å². The third kappa shape index (κ3) is 4.16. The average molecular weight is 343 g/mol. The Morgan fingerprint density at radius 1 is 1.12 bits per heavy atom. The van der Waals surface area contributed by atoms with Gasteiger partial charge in [-0.2, -0.15) is 5.26 Å². The third-order valence-electron chi connectivity index (χ3n) is 4.10. The van der Waals surface area contributed by atoms with Crippen molar-refractivity contribution in [2.24, 2.45) is 0 Å². The van der Waals surface area contributed by atoms with Gasteiger partial charge in [0.15, 0.2) is 0 Å². The number of anilines is 1. The van der Waals surface area contributed by atoms with Gasteiger partial charge in [-0.15, -0.1) is 0 Å². The van der Waals surface area contributed by atoms with E-state index in [9.17, 15) is 0 Å². The van der Waals surface area contributed by atoms with Crippen LogP contribution in [-0.2, 0) is 0 Å². The Hall–Kier alpha value is -2.29. The number of nitrogens with zero attached hydrogens (tertiary/aromatic N) is 4. The molecule has 0 bridgehead atoms. The van der Waals surface area contributed by atoms with Crippen LogP contribution in [0.25, 0.3) is 0 Å². The summed E-state index contributed by atoms with van der Waals surface area (Å²) in [6, 6.07) is 13.3. The summed E-state index contributed by atoms with van der Waals surface area (Å²) in [6.07, 6.45) is 1.77. The Bertz CT molecular complexity index is 706. The highest BCUT2D eigenvalue weighted by Gasteiger charge is 2.17. The topological polar surface area (TPSA) is 52.4 Å². The van der Waals surface area contributed by atoms with Crippen molar-refractivity contribution in [2.75, 3.05) is 44.2 Å². The monoisotopic (exact) mass is 342 g/mol. The number of aromatic nitrogens is 1. The summed E-state index contributed by atoms with van der Waals surface area (Å²) >= 11 is 6.08. The minimum atomic E-state index is 0.453. The fourth-order valence-corrected chi connectivity index (χ4v) is 2.91. The first kappa shape index (κ1) is 16.6. The molecule has 1 aliphatic heterocycles. The van der Waals surface area contributed by atoms with Crippen molar-refractivity contribution in [2.45, 2.75) is 0 Å². The summed E-state index contributed by atoms with van der Waals surface area (Å²) in [5, 5.41) is 9.45. The van der Waals surface area contributed by atoms with Gasteiger partial charge in [0, 0.05) is 32.7 Å². The predicted molar refractivity (Wildman–Crippen MR) is 94.6 cm³/mol. The average Bonchev–Trinajstić information content (AvgIpc) is 2.64. The fourth-order valence-electron chi connectivity index (χ4n) is 2.72. The van der Waals surface area contributed by atoms with Crippen LogP contribution in [0.4, 0.5) is 5.69 Å². The molecule has 0 saturated carbocycles. The first-order chi connectivity index (χ1) is 11.8. The second kappa shape index (κ2) is 8.00. The Kier molecular flexibility index (Phi) is 5.52. The lowest BCUT2D eigenvalue weighted by molar-refractivity contribution is 0.200. The molecule has 0 N–H and O–H groups in total. The zero-order valence-electron chi connectivity index (χ0n) is 13.4. The van der Waals surface area contributed by atoms with E-state index in [1.54, 1.807) is 12.3 Å². The van der Waals surface area contributed by atoms with Crippen LogP contribution in [0, 0.1) is 11.3 Å². The SMILES string of the molecule is N#Cc1ccc(N2CCN(CCOc3ccccc3Cl)CC2)cn1. The lowest BCUT2D eigenvalue weighted by atomic mass is 10.2. The Balaban J connectivity index is 1.43. The maximum atomic E-state index is 8.80. The van der Waals surface area contributed by atoms with Crippen LogP contribution in [-0.4, -0.2) is 49.2 Å². The van der Waals surface area contributed by atoms with E-state index in [4.69, 9.17) is 21.6 Å². The Morgan fingerprint density at radius 2 is 1.92 bits per heavy atom. The molecule has 124 valence electrons. The molecule has 0 amide bonds. The molecule has 0 aliphatic carbocycles. The quantitative estimate of drug-likeness (QED) is 0.836. The first-order valence-electron chi connectivity index (χ1n) is 7.97. The van der Waals surface area contributed by atoms with Crippen molar-refractivity contribution < 1.29 is 4.74 Å². The lowest BCUT2D eigenvalue weighted by Crippen LogP contribution is -2.47. The van der Waals surface area contributed by atoms with E-state index in [2.05, 4.69) is 14.8 Å². The Labute approximate surface area is 147 Å². The van der Waals surface area contributed by atoms with E-state index in [0.29, 0.717) is 17.3 Å². The van der Waals surface area contributed by atoms with Crippen molar-refractivity contribution in [3.05, 3.63) is 53.3 Å². The number of rotatable bonds is 5. The molecule has 1 aromatic heterocycles. The maximum absolute atomic E-state index is 8.80. The molecule has 6 heteroatoms. The molecule has 2 heterocycles. The standard InChI is InChI=1S/C18H19ClN4O/c19-17-3-1-2-4-18(17)24-12-11-22-7-9-23(10-8-22)16-6-5-15(13-20)21-14-16/h1-6,14H,7-12H2. The summed E-state index contributed by atoms with van der Waals surface area (Å²) in [5.41, 5.74) is 1.52. The van der Waals surface area contributed by atoms with Crippen LogP contribution in [0.1, 0.15) is 5.69 Å². The van der Waals surface area contributed by atoms with Gasteiger partial charge >= 0.3 is 0 Å². The molecule has 3 rings (SSSR count). The van der Waals surface area contributed by atoms with Crippen molar-refractivity contribution in [3.8, 4) is 11.8 Å². The number of nitriles is 1. The zero-order chi connectivity index (χ0) is 16.8. The van der Waals surface area contributed by atoms with Gasteiger partial charge in [-0.1, -0.05) is 23.7 Å². The molecule has 1 fully saturated rings. The number of halogens is 1. The molecule has 0 spiro atoms. The molecule has 5 nitrogen and oxygen atoms in total. The van der Waals surface area contributed by atoms with Crippen LogP contribution in [0.5, 0.6) is 5.75 Å². The number of pyridine rings is 1. The minimum absolute atomic E-state index is 0.453. The normalized spacial score (nSPS) is 15.1. The van der Waals surface area contributed by atoms with Crippen molar-refractivity contribution in [1.82, 2.24) is 9.88 Å². The molecule has 24 heavy (non-hydrogen) atoms. The molecular weight excluding hydrogens is 324 g/mol. The molecule has 0 unspecified atom stereocenters. The van der Waals surface area contributed by atoms with Crippen molar-refractivity contribution in [1.29, 1.82) is 5.26 Å². The van der Waals surface area contributed by atoms with Crippen LogP contribution >= 0.6 is 11.6 Å². The summed E-state index contributed by atoms with van der Waals surface area (Å²) in [7, 11) is 0. The lowest BCUT2D eigenvalue weighted by Gasteiger charge is -2.35. The van der Waals surface area contributed by atoms with Crippen LogP contribution < -0.4 is 9.64 Å².